The molecule has 2 rings (SSSR count). The number of hydrogen-bond acceptors (Lipinski definition) is 2. The molecule has 3 nitrogen and oxygen atoms in total. The summed E-state index contributed by atoms with van der Waals surface area (Å²) < 4.78 is 0. The molecule has 1 amide bonds. The van der Waals surface area contributed by atoms with Crippen LogP contribution < -0.4 is 5.73 Å². The summed E-state index contributed by atoms with van der Waals surface area (Å²) in [6.45, 7) is 4.67. The minimum absolute atomic E-state index is 0.197. The second-order valence-electron chi connectivity index (χ2n) is 5.69. The minimum atomic E-state index is -0.197. The highest BCUT2D eigenvalue weighted by Gasteiger charge is 2.42. The number of likely N-dealkylation sites (tertiary alicyclic amines) is 1. The van der Waals surface area contributed by atoms with Gasteiger partial charge < -0.3 is 10.6 Å². The monoisotopic (exact) mass is 224 g/mol. The lowest BCUT2D eigenvalue weighted by atomic mass is 9.83. The number of piperidine rings is 1. The Morgan fingerprint density at radius 2 is 2.06 bits per heavy atom. The van der Waals surface area contributed by atoms with E-state index in [0.717, 1.165) is 32.4 Å². The summed E-state index contributed by atoms with van der Waals surface area (Å²) in [5.74, 6) is 1.01. The van der Waals surface area contributed by atoms with Crippen LogP contribution in [0.25, 0.3) is 0 Å². The van der Waals surface area contributed by atoms with Gasteiger partial charge in [0.1, 0.15) is 0 Å². The number of carbonyl (C=O) groups excluding carboxylic acids is 1. The highest BCUT2D eigenvalue weighted by atomic mass is 16.2. The minimum Gasteiger partial charge on any atom is -0.342 e. The van der Waals surface area contributed by atoms with Gasteiger partial charge in [0.2, 0.25) is 5.91 Å². The van der Waals surface area contributed by atoms with Crippen LogP contribution in [0, 0.1) is 11.3 Å². The fraction of sp³-hybridized carbons (Fsp3) is 0.923. The quantitative estimate of drug-likeness (QED) is 0.777. The van der Waals surface area contributed by atoms with Gasteiger partial charge in [-0.05, 0) is 31.6 Å². The second kappa shape index (κ2) is 4.74. The second-order valence-corrected chi connectivity index (χ2v) is 5.69. The van der Waals surface area contributed by atoms with Crippen molar-refractivity contribution >= 4 is 5.91 Å². The SMILES string of the molecule is CC1CCCN(C(=O)C2(CN)CCCC2)C1. The van der Waals surface area contributed by atoms with E-state index in [1.807, 2.05) is 0 Å². The van der Waals surface area contributed by atoms with Gasteiger partial charge >= 0.3 is 0 Å². The Kier molecular flexibility index (Phi) is 3.53. The Balaban J connectivity index is 2.04. The predicted octanol–water partition coefficient (Wildman–Crippen LogP) is 1.76. The van der Waals surface area contributed by atoms with Gasteiger partial charge in [0.05, 0.1) is 5.41 Å². The maximum Gasteiger partial charge on any atom is 0.230 e. The van der Waals surface area contributed by atoms with E-state index in [-0.39, 0.29) is 5.41 Å². The molecule has 1 aliphatic heterocycles. The predicted molar refractivity (Wildman–Crippen MR) is 64.9 cm³/mol. The summed E-state index contributed by atoms with van der Waals surface area (Å²) in [6.07, 6.45) is 6.78. The Hall–Kier alpha value is -0.570. The first-order valence-electron chi connectivity index (χ1n) is 6.67. The van der Waals surface area contributed by atoms with E-state index >= 15 is 0 Å². The third-order valence-electron chi connectivity index (χ3n) is 4.35. The van der Waals surface area contributed by atoms with Gasteiger partial charge in [-0.25, -0.2) is 0 Å². The van der Waals surface area contributed by atoms with Gasteiger partial charge in [0.15, 0.2) is 0 Å². The lowest BCUT2D eigenvalue weighted by Gasteiger charge is -2.37. The van der Waals surface area contributed by atoms with Crippen molar-refractivity contribution < 1.29 is 4.79 Å². The van der Waals surface area contributed by atoms with Crippen molar-refractivity contribution in [2.24, 2.45) is 17.1 Å². The Bertz CT molecular complexity index is 259. The van der Waals surface area contributed by atoms with Gasteiger partial charge in [0.25, 0.3) is 0 Å². The third-order valence-corrected chi connectivity index (χ3v) is 4.35. The zero-order chi connectivity index (χ0) is 11.6. The first-order chi connectivity index (χ1) is 7.68. The van der Waals surface area contributed by atoms with Crippen LogP contribution in [0.4, 0.5) is 0 Å². The van der Waals surface area contributed by atoms with Crippen molar-refractivity contribution in [3.63, 3.8) is 0 Å². The van der Waals surface area contributed by atoms with Gasteiger partial charge in [0, 0.05) is 19.6 Å². The summed E-state index contributed by atoms with van der Waals surface area (Å²) in [4.78, 5) is 14.6. The third kappa shape index (κ3) is 2.10. The first-order valence-corrected chi connectivity index (χ1v) is 6.67. The topological polar surface area (TPSA) is 46.3 Å². The molecule has 0 aromatic heterocycles. The van der Waals surface area contributed by atoms with E-state index in [1.54, 1.807) is 0 Å². The Morgan fingerprint density at radius 1 is 1.38 bits per heavy atom. The van der Waals surface area contributed by atoms with E-state index in [0.29, 0.717) is 18.4 Å². The van der Waals surface area contributed by atoms with Crippen LogP contribution in [0.3, 0.4) is 0 Å². The van der Waals surface area contributed by atoms with Crippen molar-refractivity contribution in [2.45, 2.75) is 45.4 Å². The molecule has 1 unspecified atom stereocenters. The van der Waals surface area contributed by atoms with Crippen molar-refractivity contribution in [3.8, 4) is 0 Å². The molecule has 0 spiro atoms. The van der Waals surface area contributed by atoms with Crippen LogP contribution in [0.1, 0.15) is 45.4 Å². The molecule has 0 radical (unpaired) electrons. The molecule has 1 saturated heterocycles. The van der Waals surface area contributed by atoms with Crippen LogP contribution in [-0.2, 0) is 4.79 Å². The average molecular weight is 224 g/mol. The molecule has 2 N–H and O–H groups in total. The standard InChI is InChI=1S/C13H24N2O/c1-11-5-4-8-15(9-11)12(16)13(10-14)6-2-3-7-13/h11H,2-10,14H2,1H3. The molecule has 92 valence electrons. The molecule has 0 aromatic rings. The molecular weight excluding hydrogens is 200 g/mol. The largest absolute Gasteiger partial charge is 0.342 e. The van der Waals surface area contributed by atoms with Crippen molar-refractivity contribution in [1.82, 2.24) is 4.90 Å². The number of carbonyl (C=O) groups is 1. The van der Waals surface area contributed by atoms with Gasteiger partial charge in [-0.1, -0.05) is 19.8 Å². The molecule has 1 heterocycles. The molecule has 1 atom stereocenters. The van der Waals surface area contributed by atoms with Crippen LogP contribution in [0.2, 0.25) is 0 Å². The summed E-state index contributed by atoms with van der Waals surface area (Å²) in [6, 6.07) is 0. The lowest BCUT2D eigenvalue weighted by molar-refractivity contribution is -0.143. The first kappa shape index (κ1) is 11.9. The van der Waals surface area contributed by atoms with Crippen molar-refractivity contribution in [3.05, 3.63) is 0 Å². The fourth-order valence-electron chi connectivity index (χ4n) is 3.27. The van der Waals surface area contributed by atoms with E-state index in [1.165, 1.54) is 19.3 Å². The van der Waals surface area contributed by atoms with Gasteiger partial charge in [-0.3, -0.25) is 4.79 Å². The van der Waals surface area contributed by atoms with Crippen molar-refractivity contribution in [1.29, 1.82) is 0 Å². The van der Waals surface area contributed by atoms with E-state index in [4.69, 9.17) is 5.73 Å². The number of amides is 1. The van der Waals surface area contributed by atoms with Crippen LogP contribution in [0.15, 0.2) is 0 Å². The molecule has 3 heteroatoms. The molecule has 2 aliphatic rings. The summed E-state index contributed by atoms with van der Waals surface area (Å²) >= 11 is 0. The number of nitrogens with two attached hydrogens (primary N) is 1. The maximum absolute atomic E-state index is 12.5. The van der Waals surface area contributed by atoms with Crippen LogP contribution in [0.5, 0.6) is 0 Å². The zero-order valence-electron chi connectivity index (χ0n) is 10.4. The molecule has 1 aliphatic carbocycles. The van der Waals surface area contributed by atoms with Crippen molar-refractivity contribution in [2.75, 3.05) is 19.6 Å². The molecule has 16 heavy (non-hydrogen) atoms. The van der Waals surface area contributed by atoms with E-state index in [2.05, 4.69) is 11.8 Å². The summed E-state index contributed by atoms with van der Waals surface area (Å²) in [5, 5.41) is 0. The van der Waals surface area contributed by atoms with Crippen LogP contribution >= 0.6 is 0 Å². The Labute approximate surface area is 98.4 Å². The summed E-state index contributed by atoms with van der Waals surface area (Å²) in [7, 11) is 0. The molecule has 0 bridgehead atoms. The molecule has 2 fully saturated rings. The van der Waals surface area contributed by atoms with Crippen LogP contribution in [-0.4, -0.2) is 30.4 Å². The highest BCUT2D eigenvalue weighted by Crippen LogP contribution is 2.39. The number of nitrogens with zero attached hydrogens (tertiary/aromatic N) is 1. The van der Waals surface area contributed by atoms with Gasteiger partial charge in [-0.2, -0.15) is 0 Å². The zero-order valence-corrected chi connectivity index (χ0v) is 10.4. The van der Waals surface area contributed by atoms with E-state index in [9.17, 15) is 4.79 Å². The smallest absolute Gasteiger partial charge is 0.230 e. The molecule has 1 saturated carbocycles. The molecular formula is C13H24N2O. The van der Waals surface area contributed by atoms with E-state index < -0.39 is 0 Å². The number of rotatable bonds is 2. The maximum atomic E-state index is 12.5. The number of hydrogen-bond donors (Lipinski definition) is 1. The fourth-order valence-corrected chi connectivity index (χ4v) is 3.27. The normalized spacial score (nSPS) is 29.4. The lowest BCUT2D eigenvalue weighted by Crippen LogP contribution is -2.49. The highest BCUT2D eigenvalue weighted by molar-refractivity contribution is 5.83. The van der Waals surface area contributed by atoms with Gasteiger partial charge in [-0.15, -0.1) is 0 Å². The Morgan fingerprint density at radius 3 is 2.62 bits per heavy atom. The average Bonchev–Trinajstić information content (AvgIpc) is 2.78. The summed E-state index contributed by atoms with van der Waals surface area (Å²) in [5.41, 5.74) is 5.67. The molecule has 0 aromatic carbocycles.